The Morgan fingerprint density at radius 1 is 1.00 bits per heavy atom. The highest BCUT2D eigenvalue weighted by molar-refractivity contribution is 7.92. The van der Waals surface area contributed by atoms with Crippen LogP contribution in [0.15, 0.2) is 42.6 Å². The number of hydrogen-bond acceptors (Lipinski definition) is 9. The van der Waals surface area contributed by atoms with Crippen LogP contribution >= 0.6 is 0 Å². The molecule has 5 N–H and O–H groups in total. The molecule has 2 aromatic heterocycles. The summed E-state index contributed by atoms with van der Waals surface area (Å²) in [6.07, 6.45) is 1.21. The number of halogens is 3. The number of sulfonamides is 1. The first kappa shape index (κ1) is 31.4. The van der Waals surface area contributed by atoms with E-state index in [9.17, 15) is 17.2 Å². The normalized spacial score (nSPS) is 11.2. The van der Waals surface area contributed by atoms with Gasteiger partial charge in [-0.15, -0.1) is 0 Å². The fourth-order valence-electron chi connectivity index (χ4n) is 3.75. The van der Waals surface area contributed by atoms with Crippen molar-refractivity contribution in [1.82, 2.24) is 15.0 Å². The summed E-state index contributed by atoms with van der Waals surface area (Å²) >= 11 is 0. The van der Waals surface area contributed by atoms with Gasteiger partial charge in [-0.05, 0) is 62.2 Å². The van der Waals surface area contributed by atoms with Crippen molar-refractivity contribution in [3.63, 3.8) is 0 Å². The number of alkyl halides is 1. The Labute approximate surface area is 236 Å². The van der Waals surface area contributed by atoms with E-state index in [0.29, 0.717) is 11.4 Å². The highest BCUT2D eigenvalue weighted by atomic mass is 32.2. The number of nitrogens with one attached hydrogen (secondary N) is 1. The third-order valence-electron chi connectivity index (χ3n) is 5.66. The van der Waals surface area contributed by atoms with Crippen molar-refractivity contribution in [3.05, 3.63) is 54.2 Å². The summed E-state index contributed by atoms with van der Waals surface area (Å²) in [6, 6.07) is 7.82. The van der Waals surface area contributed by atoms with Crippen LogP contribution in [0.3, 0.4) is 0 Å². The van der Waals surface area contributed by atoms with Crippen LogP contribution in [0, 0.1) is 11.6 Å². The summed E-state index contributed by atoms with van der Waals surface area (Å²) in [7, 11) is -2.70. The summed E-state index contributed by atoms with van der Waals surface area (Å²) in [6.45, 7) is 4.81. The van der Waals surface area contributed by atoms with Crippen molar-refractivity contribution in [2.24, 2.45) is 0 Å². The number of nitrogens with zero attached hydrogens (tertiary/aromatic N) is 3. The maximum absolute atomic E-state index is 15.4. The Hall–Kier alpha value is -4.17. The number of nitrogens with two attached hydrogens (primary N) is 2. The van der Waals surface area contributed by atoms with Gasteiger partial charge in [-0.3, -0.25) is 9.11 Å². The first-order chi connectivity index (χ1) is 19.5. The molecule has 0 unspecified atom stereocenters. The summed E-state index contributed by atoms with van der Waals surface area (Å²) in [5, 5.41) is 0.254. The molecular weight excluding hydrogens is 561 g/mol. The van der Waals surface area contributed by atoms with Crippen LogP contribution in [0.5, 0.6) is 5.75 Å². The highest BCUT2D eigenvalue weighted by Crippen LogP contribution is 2.38. The molecular formula is C27H31F3N6O4S. The molecule has 0 bridgehead atoms. The zero-order valence-electron chi connectivity index (χ0n) is 22.7. The van der Waals surface area contributed by atoms with Gasteiger partial charge in [0.25, 0.3) is 0 Å². The monoisotopic (exact) mass is 592 g/mol. The molecule has 41 heavy (non-hydrogen) atoms. The third-order valence-corrected chi connectivity index (χ3v) is 7.02. The number of rotatable bonds is 10. The second-order valence-corrected chi connectivity index (χ2v) is 10.3. The highest BCUT2D eigenvalue weighted by Gasteiger charge is 2.22. The van der Waals surface area contributed by atoms with Gasteiger partial charge in [-0.1, -0.05) is 0 Å². The summed E-state index contributed by atoms with van der Waals surface area (Å²) in [5.41, 5.74) is 11.6. The fraction of sp³-hybridized carbons (Fsp3) is 0.296. The molecule has 10 nitrogen and oxygen atoms in total. The van der Waals surface area contributed by atoms with E-state index < -0.39 is 45.3 Å². The van der Waals surface area contributed by atoms with Crippen molar-refractivity contribution >= 4 is 38.2 Å². The topological polar surface area (TPSA) is 155 Å². The first-order valence-corrected chi connectivity index (χ1v) is 14.2. The molecule has 2 heterocycles. The number of benzene rings is 2. The number of ether oxygens (including phenoxy) is 2. The van der Waals surface area contributed by atoms with Crippen LogP contribution in [0.1, 0.15) is 20.3 Å². The van der Waals surface area contributed by atoms with Crippen LogP contribution in [0.4, 0.5) is 30.5 Å². The van der Waals surface area contributed by atoms with Gasteiger partial charge in [-0.25, -0.2) is 32.2 Å². The van der Waals surface area contributed by atoms with E-state index in [1.54, 1.807) is 12.1 Å². The smallest absolute Gasteiger partial charge is 0.232 e. The van der Waals surface area contributed by atoms with E-state index in [-0.39, 0.29) is 40.3 Å². The average Bonchev–Trinajstić information content (AvgIpc) is 2.94. The van der Waals surface area contributed by atoms with E-state index in [1.165, 1.54) is 25.4 Å². The van der Waals surface area contributed by atoms with Gasteiger partial charge >= 0.3 is 0 Å². The van der Waals surface area contributed by atoms with Crippen molar-refractivity contribution in [2.45, 2.75) is 20.3 Å². The van der Waals surface area contributed by atoms with Crippen molar-refractivity contribution in [1.29, 1.82) is 0 Å². The molecule has 0 amide bonds. The lowest BCUT2D eigenvalue weighted by Crippen LogP contribution is -2.18. The maximum Gasteiger partial charge on any atom is 0.232 e. The Kier molecular flexibility index (Phi) is 10.7. The minimum atomic E-state index is -4.05. The average molecular weight is 593 g/mol. The molecule has 0 aliphatic carbocycles. The molecule has 0 fully saturated rings. The molecule has 0 saturated carbocycles. The molecule has 0 aliphatic rings. The van der Waals surface area contributed by atoms with E-state index in [1.807, 2.05) is 18.6 Å². The zero-order valence-corrected chi connectivity index (χ0v) is 23.6. The minimum Gasteiger partial charge on any atom is -0.494 e. The van der Waals surface area contributed by atoms with E-state index in [0.717, 1.165) is 25.3 Å². The van der Waals surface area contributed by atoms with E-state index in [4.69, 9.17) is 20.9 Å². The molecule has 0 atom stereocenters. The van der Waals surface area contributed by atoms with E-state index >= 15 is 4.39 Å². The zero-order chi connectivity index (χ0) is 30.2. The molecule has 0 radical (unpaired) electrons. The number of nitrogen functional groups attached to an aromatic ring is 2. The van der Waals surface area contributed by atoms with Gasteiger partial charge in [0, 0.05) is 30.4 Å². The first-order valence-electron chi connectivity index (χ1n) is 12.5. The fourth-order valence-corrected chi connectivity index (χ4v) is 4.84. The van der Waals surface area contributed by atoms with Gasteiger partial charge in [0.15, 0.2) is 11.6 Å². The SMILES string of the molecule is CCOCC.COc1cc(-c2c(F)ccc(NS(=O)(=O)CCCF)c2F)cc2c(N)nc(-c3ccc(N)nc3)nc12. The van der Waals surface area contributed by atoms with E-state index in [2.05, 4.69) is 15.0 Å². The van der Waals surface area contributed by atoms with Crippen molar-refractivity contribution < 1.29 is 31.1 Å². The number of methoxy groups -OCH3 is 1. The third kappa shape index (κ3) is 7.73. The van der Waals surface area contributed by atoms with Gasteiger partial charge in [0.05, 0.1) is 30.8 Å². The Morgan fingerprint density at radius 2 is 1.73 bits per heavy atom. The maximum atomic E-state index is 15.4. The van der Waals surface area contributed by atoms with Gasteiger partial charge in [-0.2, -0.15) is 0 Å². The van der Waals surface area contributed by atoms with Gasteiger partial charge in [0.2, 0.25) is 10.0 Å². The lowest BCUT2D eigenvalue weighted by Gasteiger charge is -2.15. The molecule has 4 rings (SSSR count). The molecule has 4 aromatic rings. The molecule has 14 heteroatoms. The van der Waals surface area contributed by atoms with Crippen LogP contribution in [-0.2, 0) is 14.8 Å². The van der Waals surface area contributed by atoms with Crippen LogP contribution < -0.4 is 20.9 Å². The molecule has 0 saturated heterocycles. The number of fused-ring (bicyclic) bond motifs is 1. The molecule has 0 spiro atoms. The number of pyridine rings is 1. The number of anilines is 3. The van der Waals surface area contributed by atoms with Crippen LogP contribution in [0.25, 0.3) is 33.4 Å². The van der Waals surface area contributed by atoms with Crippen LogP contribution in [-0.4, -0.2) is 56.1 Å². The van der Waals surface area contributed by atoms with Crippen molar-refractivity contribution in [2.75, 3.05) is 48.9 Å². The van der Waals surface area contributed by atoms with Gasteiger partial charge in [0.1, 0.15) is 28.7 Å². The summed E-state index contributed by atoms with van der Waals surface area (Å²) in [5.74, 6) is -1.97. The number of aromatic nitrogens is 3. The Morgan fingerprint density at radius 3 is 2.32 bits per heavy atom. The predicted octanol–water partition coefficient (Wildman–Crippen LogP) is 4.95. The molecule has 2 aromatic carbocycles. The quantitative estimate of drug-likeness (QED) is 0.232. The Balaban J connectivity index is 0.000000850. The minimum absolute atomic E-state index is 0.0101. The second-order valence-electron chi connectivity index (χ2n) is 8.51. The summed E-state index contributed by atoms with van der Waals surface area (Å²) < 4.78 is 79.1. The largest absolute Gasteiger partial charge is 0.494 e. The standard InChI is InChI=1S/C23H21F3N6O3S.C4H10O/c1-35-17-10-13(19-15(25)4-5-16(20(19)26)32-36(33,34)8-2-7-24)9-14-21(17)30-23(31-22(14)28)12-3-6-18(27)29-11-12;1-3-5-4-2/h3-6,9-11,32H,2,7-8H2,1H3,(H2,27,29)(H2,28,30,31);3-4H2,1-2H3. The predicted molar refractivity (Wildman–Crippen MR) is 154 cm³/mol. The molecule has 220 valence electrons. The van der Waals surface area contributed by atoms with Crippen LogP contribution in [0.2, 0.25) is 0 Å². The summed E-state index contributed by atoms with van der Waals surface area (Å²) in [4.78, 5) is 12.8. The molecule has 0 aliphatic heterocycles. The lowest BCUT2D eigenvalue weighted by atomic mass is 10.0. The Bertz CT molecular complexity index is 1600. The van der Waals surface area contributed by atoms with Gasteiger partial charge < -0.3 is 20.9 Å². The van der Waals surface area contributed by atoms with Crippen molar-refractivity contribution in [3.8, 4) is 28.3 Å². The number of hydrogen-bond donors (Lipinski definition) is 3. The lowest BCUT2D eigenvalue weighted by molar-refractivity contribution is 0.162. The second kappa shape index (κ2) is 13.9.